The van der Waals surface area contributed by atoms with E-state index in [1.54, 1.807) is 39.3 Å². The van der Waals surface area contributed by atoms with Gasteiger partial charge >= 0.3 is 0 Å². The van der Waals surface area contributed by atoms with E-state index in [0.717, 1.165) is 22.2 Å². The van der Waals surface area contributed by atoms with Gasteiger partial charge in [0.1, 0.15) is 11.5 Å². The summed E-state index contributed by atoms with van der Waals surface area (Å²) in [7, 11) is 1.46. The molecule has 0 spiro atoms. The molecule has 1 aromatic heterocycles. The lowest BCUT2D eigenvalue weighted by atomic mass is 10.1. The number of hydrogen-bond acceptors (Lipinski definition) is 4. The highest BCUT2D eigenvalue weighted by molar-refractivity contribution is 7.89. The molecule has 0 aliphatic carbocycles. The Hall–Kier alpha value is -2.51. The van der Waals surface area contributed by atoms with Crippen molar-refractivity contribution in [3.8, 4) is 11.5 Å². The number of nitrogens with zero attached hydrogens (tertiary/aromatic N) is 1. The first-order chi connectivity index (χ1) is 12.4. The van der Waals surface area contributed by atoms with Gasteiger partial charge in [-0.3, -0.25) is 0 Å². The van der Waals surface area contributed by atoms with Crippen LogP contribution in [0.25, 0.3) is 10.9 Å². The van der Waals surface area contributed by atoms with Crippen molar-refractivity contribution in [2.75, 3.05) is 14.2 Å². The second-order valence-corrected chi connectivity index (χ2v) is 7.84. The molecule has 0 unspecified atom stereocenters. The van der Waals surface area contributed by atoms with Crippen LogP contribution in [0.5, 0.6) is 11.5 Å². The highest BCUT2D eigenvalue weighted by Gasteiger charge is 2.18. The minimum absolute atomic E-state index is 0.193. The van der Waals surface area contributed by atoms with E-state index in [4.69, 9.17) is 9.47 Å². The summed E-state index contributed by atoms with van der Waals surface area (Å²) in [6.45, 7) is 1.94. The Bertz CT molecular complexity index is 1050. The van der Waals surface area contributed by atoms with E-state index in [2.05, 4.69) is 4.72 Å². The first kappa shape index (κ1) is 18.3. The summed E-state index contributed by atoms with van der Waals surface area (Å²) < 4.78 is 40.5. The van der Waals surface area contributed by atoms with Crippen molar-refractivity contribution >= 4 is 20.9 Å². The van der Waals surface area contributed by atoms with Crippen molar-refractivity contribution in [3.63, 3.8) is 0 Å². The monoisotopic (exact) mass is 374 g/mol. The van der Waals surface area contributed by atoms with Crippen molar-refractivity contribution < 1.29 is 17.9 Å². The summed E-state index contributed by atoms with van der Waals surface area (Å²) >= 11 is 0. The predicted molar refractivity (Wildman–Crippen MR) is 101 cm³/mol. The first-order valence-electron chi connectivity index (χ1n) is 8.12. The summed E-state index contributed by atoms with van der Waals surface area (Å²) in [6.07, 6.45) is 1.92. The molecule has 0 bridgehead atoms. The molecule has 138 valence electrons. The molecule has 0 aliphatic heterocycles. The fourth-order valence-corrected chi connectivity index (χ4v) is 4.25. The summed E-state index contributed by atoms with van der Waals surface area (Å²) in [4.78, 5) is 0.246. The summed E-state index contributed by atoms with van der Waals surface area (Å²) in [5, 5.41) is 0.959. The molecule has 26 heavy (non-hydrogen) atoms. The second kappa shape index (κ2) is 7.01. The number of fused-ring (bicyclic) bond motifs is 1. The predicted octanol–water partition coefficient (Wildman–Crippen LogP) is 2.98. The van der Waals surface area contributed by atoms with Crippen LogP contribution in [0.2, 0.25) is 0 Å². The Balaban J connectivity index is 1.89. The summed E-state index contributed by atoms with van der Waals surface area (Å²) in [5.41, 5.74) is 2.54. The lowest BCUT2D eigenvalue weighted by molar-refractivity contribution is 0.414. The molecular formula is C19H22N2O4S. The topological polar surface area (TPSA) is 69.6 Å². The molecule has 1 N–H and O–H groups in total. The van der Waals surface area contributed by atoms with Crippen molar-refractivity contribution in [1.29, 1.82) is 0 Å². The molecule has 0 saturated heterocycles. The number of aryl methyl sites for hydroxylation is 2. The van der Waals surface area contributed by atoms with Crippen molar-refractivity contribution in [2.45, 2.75) is 18.4 Å². The van der Waals surface area contributed by atoms with E-state index in [1.165, 1.54) is 0 Å². The lowest BCUT2D eigenvalue weighted by Crippen LogP contribution is -2.24. The Kier molecular flexibility index (Phi) is 4.93. The average molecular weight is 374 g/mol. The second-order valence-electron chi connectivity index (χ2n) is 6.10. The van der Waals surface area contributed by atoms with Crippen LogP contribution in [0.15, 0.2) is 47.5 Å². The number of methoxy groups -OCH3 is 2. The van der Waals surface area contributed by atoms with Crippen LogP contribution < -0.4 is 14.2 Å². The highest BCUT2D eigenvalue weighted by atomic mass is 32.2. The molecule has 0 fully saturated rings. The van der Waals surface area contributed by atoms with Gasteiger partial charge in [0.2, 0.25) is 10.0 Å². The van der Waals surface area contributed by atoms with Gasteiger partial charge in [0, 0.05) is 30.7 Å². The number of ether oxygens (including phenoxy) is 2. The number of hydrogen-bond donors (Lipinski definition) is 1. The van der Waals surface area contributed by atoms with Gasteiger partial charge in [-0.2, -0.15) is 0 Å². The zero-order chi connectivity index (χ0) is 18.9. The zero-order valence-corrected chi connectivity index (χ0v) is 16.1. The van der Waals surface area contributed by atoms with Gasteiger partial charge in [0.05, 0.1) is 19.1 Å². The Morgan fingerprint density at radius 3 is 2.35 bits per heavy atom. The van der Waals surface area contributed by atoms with E-state index in [9.17, 15) is 8.42 Å². The fourth-order valence-electron chi connectivity index (χ4n) is 3.02. The maximum absolute atomic E-state index is 12.7. The number of benzene rings is 2. The van der Waals surface area contributed by atoms with Crippen LogP contribution in [0.1, 0.15) is 11.1 Å². The van der Waals surface area contributed by atoms with Gasteiger partial charge in [-0.15, -0.1) is 0 Å². The van der Waals surface area contributed by atoms with Gasteiger partial charge in [0.15, 0.2) is 0 Å². The quantitative estimate of drug-likeness (QED) is 0.720. The SMILES string of the molecule is COc1ccc(S(=O)(=O)NCc2cn(C)c3ccc(OC)cc23)c(C)c1. The minimum Gasteiger partial charge on any atom is -0.497 e. The van der Waals surface area contributed by atoms with E-state index < -0.39 is 10.0 Å². The van der Waals surface area contributed by atoms with Crippen molar-refractivity contribution in [1.82, 2.24) is 9.29 Å². The van der Waals surface area contributed by atoms with Gasteiger partial charge < -0.3 is 14.0 Å². The molecule has 0 aliphatic rings. The molecule has 2 aromatic carbocycles. The zero-order valence-electron chi connectivity index (χ0n) is 15.2. The van der Waals surface area contributed by atoms with Gasteiger partial charge in [0.25, 0.3) is 0 Å². The van der Waals surface area contributed by atoms with Gasteiger partial charge in [-0.05, 0) is 54.4 Å². The van der Waals surface area contributed by atoms with Gasteiger partial charge in [-0.1, -0.05) is 0 Å². The molecule has 3 aromatic rings. The highest BCUT2D eigenvalue weighted by Crippen LogP contribution is 2.26. The Morgan fingerprint density at radius 2 is 1.69 bits per heavy atom. The number of aromatic nitrogens is 1. The number of sulfonamides is 1. The third-order valence-corrected chi connectivity index (χ3v) is 5.96. The van der Waals surface area contributed by atoms with Crippen molar-refractivity contribution in [2.24, 2.45) is 7.05 Å². The molecule has 3 rings (SSSR count). The van der Waals surface area contributed by atoms with Crippen LogP contribution in [-0.2, 0) is 23.6 Å². The van der Waals surface area contributed by atoms with Crippen LogP contribution in [0, 0.1) is 6.92 Å². The number of nitrogens with one attached hydrogen (secondary N) is 1. The summed E-state index contributed by atoms with van der Waals surface area (Å²) in [5.74, 6) is 1.36. The first-order valence-corrected chi connectivity index (χ1v) is 9.60. The Labute approximate surface area is 153 Å². The van der Waals surface area contributed by atoms with Crippen LogP contribution in [0.3, 0.4) is 0 Å². The molecule has 0 saturated carbocycles. The summed E-state index contributed by atoms with van der Waals surface area (Å²) in [6, 6.07) is 10.7. The molecule has 6 nitrogen and oxygen atoms in total. The molecular weight excluding hydrogens is 352 g/mol. The largest absolute Gasteiger partial charge is 0.497 e. The van der Waals surface area contributed by atoms with E-state index >= 15 is 0 Å². The molecule has 0 radical (unpaired) electrons. The standard InChI is InChI=1S/C19H22N2O4S/c1-13-9-15(24-3)6-8-19(13)26(22,23)20-11-14-12-21(2)18-7-5-16(25-4)10-17(14)18/h5-10,12,20H,11H2,1-4H3. The normalized spacial score (nSPS) is 11.7. The minimum atomic E-state index is -3.64. The van der Waals surface area contributed by atoms with Crippen molar-refractivity contribution in [3.05, 3.63) is 53.7 Å². The third-order valence-electron chi connectivity index (χ3n) is 4.40. The fraction of sp³-hybridized carbons (Fsp3) is 0.263. The maximum Gasteiger partial charge on any atom is 0.241 e. The average Bonchev–Trinajstić information content (AvgIpc) is 2.95. The third kappa shape index (κ3) is 3.40. The van der Waals surface area contributed by atoms with Crippen LogP contribution in [0.4, 0.5) is 0 Å². The van der Waals surface area contributed by atoms with E-state index in [-0.39, 0.29) is 11.4 Å². The van der Waals surface area contributed by atoms with E-state index in [0.29, 0.717) is 11.3 Å². The maximum atomic E-state index is 12.7. The van der Waals surface area contributed by atoms with Crippen LogP contribution >= 0.6 is 0 Å². The van der Waals surface area contributed by atoms with Crippen LogP contribution in [-0.4, -0.2) is 27.2 Å². The molecule has 0 amide bonds. The molecule has 0 atom stereocenters. The molecule has 7 heteroatoms. The molecule has 1 heterocycles. The lowest BCUT2D eigenvalue weighted by Gasteiger charge is -2.10. The smallest absolute Gasteiger partial charge is 0.241 e. The Morgan fingerprint density at radius 1 is 1.04 bits per heavy atom. The van der Waals surface area contributed by atoms with Gasteiger partial charge in [-0.25, -0.2) is 13.1 Å². The number of rotatable bonds is 6. The van der Waals surface area contributed by atoms with E-state index in [1.807, 2.05) is 36.0 Å².